The molecule has 0 saturated carbocycles. The van der Waals surface area contributed by atoms with E-state index in [1.165, 1.54) is 11.8 Å². The van der Waals surface area contributed by atoms with Crippen LogP contribution in [0.25, 0.3) is 6.08 Å². The van der Waals surface area contributed by atoms with Crippen LogP contribution in [-0.2, 0) is 16.1 Å². The molecule has 1 aliphatic heterocycles. The molecule has 1 aliphatic rings. The van der Waals surface area contributed by atoms with Crippen LogP contribution >= 0.6 is 24.0 Å². The summed E-state index contributed by atoms with van der Waals surface area (Å²) in [6.07, 6.45) is 10.4. The predicted molar refractivity (Wildman–Crippen MR) is 108 cm³/mol. The van der Waals surface area contributed by atoms with Crippen LogP contribution in [0.15, 0.2) is 46.4 Å². The minimum Gasteiger partial charge on any atom is -0.465 e. The average Bonchev–Trinajstić information content (AvgIpc) is 3.39. The van der Waals surface area contributed by atoms with Gasteiger partial charge >= 0.3 is 0 Å². The lowest BCUT2D eigenvalue weighted by Crippen LogP contribution is -2.31. The lowest BCUT2D eigenvalue weighted by atomic mass is 10.2. The Balaban J connectivity index is 1.36. The molecule has 0 aliphatic carbocycles. The van der Waals surface area contributed by atoms with Gasteiger partial charge in [-0.05, 0) is 25.0 Å². The molecule has 0 aromatic carbocycles. The first-order valence-electron chi connectivity index (χ1n) is 8.65. The van der Waals surface area contributed by atoms with Gasteiger partial charge in [0.05, 0.1) is 17.5 Å². The molecule has 2 aromatic rings. The van der Waals surface area contributed by atoms with E-state index in [1.807, 2.05) is 10.8 Å². The number of nitrogens with one attached hydrogen (secondary N) is 1. The number of furan rings is 1. The number of nitrogens with zero attached hydrogens (tertiary/aromatic N) is 3. The van der Waals surface area contributed by atoms with Crippen molar-refractivity contribution >= 4 is 46.2 Å². The van der Waals surface area contributed by atoms with Gasteiger partial charge in [-0.1, -0.05) is 24.0 Å². The van der Waals surface area contributed by atoms with Gasteiger partial charge in [-0.2, -0.15) is 0 Å². The van der Waals surface area contributed by atoms with E-state index in [1.54, 1.807) is 41.9 Å². The second-order valence-electron chi connectivity index (χ2n) is 5.96. The number of thioether (sulfide) groups is 1. The van der Waals surface area contributed by atoms with Crippen molar-refractivity contribution in [2.45, 2.75) is 25.8 Å². The topological polar surface area (TPSA) is 80.4 Å². The molecule has 0 spiro atoms. The highest BCUT2D eigenvalue weighted by atomic mass is 32.2. The van der Waals surface area contributed by atoms with Crippen molar-refractivity contribution in [1.29, 1.82) is 0 Å². The minimum atomic E-state index is -0.137. The molecule has 0 unspecified atom stereocenters. The molecule has 3 rings (SSSR count). The van der Waals surface area contributed by atoms with Gasteiger partial charge in [-0.3, -0.25) is 14.5 Å². The highest BCUT2D eigenvalue weighted by Gasteiger charge is 2.31. The lowest BCUT2D eigenvalue weighted by molar-refractivity contribution is -0.124. The first-order valence-corrected chi connectivity index (χ1v) is 9.87. The first-order chi connectivity index (χ1) is 13.1. The predicted octanol–water partition coefficient (Wildman–Crippen LogP) is 2.66. The third kappa shape index (κ3) is 5.54. The fourth-order valence-corrected chi connectivity index (χ4v) is 3.88. The third-order valence-electron chi connectivity index (χ3n) is 3.95. The van der Waals surface area contributed by atoms with Crippen LogP contribution in [0.3, 0.4) is 0 Å². The summed E-state index contributed by atoms with van der Waals surface area (Å²) in [6.45, 7) is 1.87. The normalized spacial score (nSPS) is 15.7. The number of aromatic nitrogens is 2. The van der Waals surface area contributed by atoms with Crippen LogP contribution in [0.4, 0.5) is 0 Å². The highest BCUT2D eigenvalue weighted by Crippen LogP contribution is 2.32. The van der Waals surface area contributed by atoms with Crippen LogP contribution in [0.5, 0.6) is 0 Å². The highest BCUT2D eigenvalue weighted by molar-refractivity contribution is 8.26. The van der Waals surface area contributed by atoms with E-state index in [-0.39, 0.29) is 11.8 Å². The van der Waals surface area contributed by atoms with Crippen molar-refractivity contribution in [1.82, 2.24) is 19.8 Å². The van der Waals surface area contributed by atoms with Crippen LogP contribution in [0.2, 0.25) is 0 Å². The van der Waals surface area contributed by atoms with E-state index >= 15 is 0 Å². The van der Waals surface area contributed by atoms with Crippen molar-refractivity contribution in [2.24, 2.45) is 0 Å². The van der Waals surface area contributed by atoms with E-state index < -0.39 is 0 Å². The quantitative estimate of drug-likeness (QED) is 0.393. The molecule has 9 heteroatoms. The number of rotatable bonds is 9. The van der Waals surface area contributed by atoms with E-state index in [2.05, 4.69) is 10.3 Å². The molecule has 27 heavy (non-hydrogen) atoms. The van der Waals surface area contributed by atoms with Crippen LogP contribution in [0, 0.1) is 0 Å². The smallest absolute Gasteiger partial charge is 0.266 e. The Bertz CT molecular complexity index is 816. The fraction of sp³-hybridized carbons (Fsp3) is 0.333. The van der Waals surface area contributed by atoms with Crippen molar-refractivity contribution in [3.63, 3.8) is 0 Å². The Morgan fingerprint density at radius 3 is 3.00 bits per heavy atom. The number of aryl methyl sites for hydroxylation is 1. The zero-order chi connectivity index (χ0) is 19.1. The largest absolute Gasteiger partial charge is 0.465 e. The minimum absolute atomic E-state index is 0.0165. The summed E-state index contributed by atoms with van der Waals surface area (Å²) in [7, 11) is 0. The Morgan fingerprint density at radius 1 is 1.37 bits per heavy atom. The third-order valence-corrected chi connectivity index (χ3v) is 5.33. The Hall–Kier alpha value is -2.39. The first kappa shape index (κ1) is 19.4. The lowest BCUT2D eigenvalue weighted by Gasteiger charge is -2.14. The molecule has 2 amide bonds. The van der Waals surface area contributed by atoms with Crippen molar-refractivity contribution in [2.75, 3.05) is 13.1 Å². The molecule has 1 fully saturated rings. The average molecular weight is 405 g/mol. The standard InChI is InChI=1S/C18H20N4O3S2/c23-16(20-6-3-8-21-10-7-19-13-21)5-1-9-22-17(24)15(27-18(22)26)12-14-4-2-11-25-14/h2,4,7,10-13H,1,3,5-6,8-9H2,(H,20,23). The number of imidazole rings is 1. The molecule has 3 heterocycles. The van der Waals surface area contributed by atoms with Gasteiger partial charge in [-0.15, -0.1) is 0 Å². The van der Waals surface area contributed by atoms with Crippen molar-refractivity contribution in [3.8, 4) is 0 Å². The van der Waals surface area contributed by atoms with Gasteiger partial charge < -0.3 is 14.3 Å². The molecular formula is C18H20N4O3S2. The Morgan fingerprint density at radius 2 is 2.26 bits per heavy atom. The summed E-state index contributed by atoms with van der Waals surface area (Å²) in [4.78, 5) is 30.4. The van der Waals surface area contributed by atoms with Gasteiger partial charge in [0.1, 0.15) is 10.1 Å². The number of hydrogen-bond acceptors (Lipinski definition) is 6. The van der Waals surface area contributed by atoms with Gasteiger partial charge in [0, 0.05) is 44.5 Å². The fourth-order valence-electron chi connectivity index (χ4n) is 2.59. The van der Waals surface area contributed by atoms with Crippen molar-refractivity contribution < 1.29 is 14.0 Å². The Kier molecular flexibility index (Phi) is 6.83. The number of hydrogen-bond donors (Lipinski definition) is 1. The maximum Gasteiger partial charge on any atom is 0.266 e. The number of carbonyl (C=O) groups excluding carboxylic acids is 2. The van der Waals surface area contributed by atoms with Crippen LogP contribution < -0.4 is 5.32 Å². The molecule has 0 radical (unpaired) electrons. The molecule has 0 atom stereocenters. The zero-order valence-corrected chi connectivity index (χ0v) is 16.3. The summed E-state index contributed by atoms with van der Waals surface area (Å²) < 4.78 is 7.72. The molecule has 1 N–H and O–H groups in total. The van der Waals surface area contributed by atoms with Crippen molar-refractivity contribution in [3.05, 3.63) is 47.8 Å². The Labute approximate surface area is 166 Å². The van der Waals surface area contributed by atoms with Gasteiger partial charge in [0.2, 0.25) is 5.91 Å². The van der Waals surface area contributed by atoms with Crippen LogP contribution in [0.1, 0.15) is 25.0 Å². The van der Waals surface area contributed by atoms with Crippen LogP contribution in [-0.4, -0.2) is 43.7 Å². The van der Waals surface area contributed by atoms with Gasteiger partial charge in [0.25, 0.3) is 5.91 Å². The van der Waals surface area contributed by atoms with E-state index in [4.69, 9.17) is 16.6 Å². The summed E-state index contributed by atoms with van der Waals surface area (Å²) in [6, 6.07) is 3.55. The second-order valence-corrected chi connectivity index (χ2v) is 7.63. The summed E-state index contributed by atoms with van der Waals surface area (Å²) in [5.74, 6) is 0.463. The second kappa shape index (κ2) is 9.52. The SMILES string of the molecule is O=C(CCCN1C(=O)C(=Cc2ccco2)SC1=S)NCCCn1ccnc1. The number of amides is 2. The molecule has 142 valence electrons. The molecule has 2 aromatic heterocycles. The van der Waals surface area contributed by atoms with Gasteiger partial charge in [-0.25, -0.2) is 4.98 Å². The van der Waals surface area contributed by atoms with E-state index in [9.17, 15) is 9.59 Å². The summed E-state index contributed by atoms with van der Waals surface area (Å²) in [5, 5.41) is 2.89. The van der Waals surface area contributed by atoms with E-state index in [0.717, 1.165) is 13.0 Å². The molecule has 0 bridgehead atoms. The van der Waals surface area contributed by atoms with E-state index in [0.29, 0.717) is 40.9 Å². The molecule has 1 saturated heterocycles. The summed E-state index contributed by atoms with van der Waals surface area (Å²) >= 11 is 6.54. The molecular weight excluding hydrogens is 384 g/mol. The maximum absolute atomic E-state index is 12.4. The number of thiocarbonyl (C=S) groups is 1. The van der Waals surface area contributed by atoms with Gasteiger partial charge in [0.15, 0.2) is 0 Å². The maximum atomic E-state index is 12.4. The zero-order valence-electron chi connectivity index (χ0n) is 14.7. The monoisotopic (exact) mass is 404 g/mol. The number of carbonyl (C=O) groups is 2. The summed E-state index contributed by atoms with van der Waals surface area (Å²) in [5.41, 5.74) is 0. The molecule has 7 nitrogen and oxygen atoms in total.